The van der Waals surface area contributed by atoms with Crippen LogP contribution in [0.4, 0.5) is 0 Å². The Labute approximate surface area is 105 Å². The maximum absolute atomic E-state index is 5.59. The summed E-state index contributed by atoms with van der Waals surface area (Å²) in [5, 5.41) is 3.75. The van der Waals surface area contributed by atoms with E-state index in [-0.39, 0.29) is 0 Å². The van der Waals surface area contributed by atoms with E-state index >= 15 is 0 Å². The summed E-state index contributed by atoms with van der Waals surface area (Å²) in [7, 11) is 0. The molecule has 0 amide bonds. The highest BCUT2D eigenvalue weighted by Gasteiger charge is 2.43. The lowest BCUT2D eigenvalue weighted by molar-refractivity contribution is 0.0261. The normalized spacial score (nSPS) is 40.4. The third-order valence-electron chi connectivity index (χ3n) is 4.76. The van der Waals surface area contributed by atoms with Gasteiger partial charge in [0.25, 0.3) is 0 Å². The predicted octanol–water partition coefficient (Wildman–Crippen LogP) is 1.49. The van der Waals surface area contributed by atoms with Gasteiger partial charge in [-0.15, -0.1) is 0 Å². The number of ether oxygens (including phenoxy) is 1. The minimum Gasteiger partial charge on any atom is -0.381 e. The molecule has 3 rings (SSSR count). The van der Waals surface area contributed by atoms with Crippen LogP contribution >= 0.6 is 0 Å². The highest BCUT2D eigenvalue weighted by molar-refractivity contribution is 5.02. The summed E-state index contributed by atoms with van der Waals surface area (Å²) in [6, 6.07) is 0. The Hall–Kier alpha value is -0.120. The molecule has 1 N–H and O–H groups in total. The van der Waals surface area contributed by atoms with Gasteiger partial charge in [-0.3, -0.25) is 4.90 Å². The van der Waals surface area contributed by atoms with Crippen molar-refractivity contribution in [2.75, 3.05) is 39.4 Å². The van der Waals surface area contributed by atoms with Crippen molar-refractivity contribution in [2.45, 2.75) is 38.1 Å². The zero-order valence-corrected chi connectivity index (χ0v) is 11.1. The van der Waals surface area contributed by atoms with E-state index in [0.29, 0.717) is 5.54 Å². The molecule has 0 spiro atoms. The average Bonchev–Trinajstić information content (AvgIpc) is 3.14. The van der Waals surface area contributed by atoms with Crippen molar-refractivity contribution in [1.29, 1.82) is 0 Å². The van der Waals surface area contributed by atoms with Crippen molar-refractivity contribution >= 4 is 0 Å². The number of hydrogen-bond acceptors (Lipinski definition) is 3. The fourth-order valence-electron chi connectivity index (χ4n) is 3.57. The molecule has 3 aliphatic rings. The molecular formula is C14H26N2O. The lowest BCUT2D eigenvalue weighted by Crippen LogP contribution is -2.60. The Balaban J connectivity index is 1.52. The first-order valence-corrected chi connectivity index (χ1v) is 7.31. The Morgan fingerprint density at radius 3 is 2.94 bits per heavy atom. The maximum atomic E-state index is 5.59. The molecule has 3 nitrogen and oxygen atoms in total. The van der Waals surface area contributed by atoms with Crippen LogP contribution in [-0.2, 0) is 4.74 Å². The van der Waals surface area contributed by atoms with Gasteiger partial charge in [0.2, 0.25) is 0 Å². The van der Waals surface area contributed by atoms with E-state index in [0.717, 1.165) is 25.0 Å². The molecule has 0 bridgehead atoms. The first kappa shape index (κ1) is 11.9. The van der Waals surface area contributed by atoms with E-state index in [1.54, 1.807) is 0 Å². The third-order valence-corrected chi connectivity index (χ3v) is 4.76. The van der Waals surface area contributed by atoms with Crippen molar-refractivity contribution in [3.05, 3.63) is 0 Å². The van der Waals surface area contributed by atoms with E-state index in [4.69, 9.17) is 4.74 Å². The van der Waals surface area contributed by atoms with Crippen LogP contribution in [0.2, 0.25) is 0 Å². The Morgan fingerprint density at radius 2 is 2.24 bits per heavy atom. The minimum absolute atomic E-state index is 0.397. The standard InChI is InChI=1S/C14H26N2O/c1-14(13-4-5-13)11-16(7-6-15-14)9-12-3-2-8-17-10-12/h12-13,15H,2-11H2,1H3. The lowest BCUT2D eigenvalue weighted by atomic mass is 9.92. The third kappa shape index (κ3) is 2.83. The molecule has 2 atom stereocenters. The molecule has 1 aliphatic carbocycles. The van der Waals surface area contributed by atoms with Gasteiger partial charge in [0.15, 0.2) is 0 Å². The molecule has 0 aromatic heterocycles. The molecule has 1 saturated carbocycles. The molecule has 0 radical (unpaired) electrons. The molecule has 3 fully saturated rings. The number of nitrogens with one attached hydrogen (secondary N) is 1. The average molecular weight is 238 g/mol. The molecule has 0 aromatic rings. The van der Waals surface area contributed by atoms with Crippen molar-refractivity contribution < 1.29 is 4.74 Å². The molecule has 2 saturated heterocycles. The molecule has 2 aliphatic heterocycles. The largest absolute Gasteiger partial charge is 0.381 e. The predicted molar refractivity (Wildman–Crippen MR) is 69.1 cm³/mol. The fraction of sp³-hybridized carbons (Fsp3) is 1.00. The molecule has 3 heteroatoms. The SMILES string of the molecule is CC1(C2CC2)CN(CC2CCCOC2)CCN1. The van der Waals surface area contributed by atoms with Crippen molar-refractivity contribution in [3.63, 3.8) is 0 Å². The van der Waals surface area contributed by atoms with Crippen LogP contribution < -0.4 is 5.32 Å². The van der Waals surface area contributed by atoms with Crippen LogP contribution in [0.15, 0.2) is 0 Å². The summed E-state index contributed by atoms with van der Waals surface area (Å²) in [5.74, 6) is 1.72. The van der Waals surface area contributed by atoms with Crippen LogP contribution in [0.5, 0.6) is 0 Å². The van der Waals surface area contributed by atoms with Gasteiger partial charge in [0.1, 0.15) is 0 Å². The summed E-state index contributed by atoms with van der Waals surface area (Å²) in [6.07, 6.45) is 5.49. The number of hydrogen-bond donors (Lipinski definition) is 1. The second kappa shape index (κ2) is 4.87. The maximum Gasteiger partial charge on any atom is 0.0506 e. The summed E-state index contributed by atoms with van der Waals surface area (Å²) in [6.45, 7) is 9.29. The summed E-state index contributed by atoms with van der Waals surface area (Å²) in [5.41, 5.74) is 0.397. The Bertz CT molecular complexity index is 261. The molecule has 0 aromatic carbocycles. The van der Waals surface area contributed by atoms with E-state index in [1.165, 1.54) is 51.9 Å². The van der Waals surface area contributed by atoms with Crippen molar-refractivity contribution in [2.24, 2.45) is 11.8 Å². The fourth-order valence-corrected chi connectivity index (χ4v) is 3.57. The van der Waals surface area contributed by atoms with Gasteiger partial charge in [0.05, 0.1) is 6.61 Å². The number of piperazine rings is 1. The quantitative estimate of drug-likeness (QED) is 0.806. The van der Waals surface area contributed by atoms with Crippen LogP contribution in [0.3, 0.4) is 0 Å². The van der Waals surface area contributed by atoms with Crippen molar-refractivity contribution in [1.82, 2.24) is 10.2 Å². The smallest absolute Gasteiger partial charge is 0.0506 e. The minimum atomic E-state index is 0.397. The molecule has 2 heterocycles. The number of rotatable bonds is 3. The Kier molecular flexibility index (Phi) is 3.42. The van der Waals surface area contributed by atoms with Crippen LogP contribution in [0.25, 0.3) is 0 Å². The number of nitrogens with zero attached hydrogens (tertiary/aromatic N) is 1. The second-order valence-corrected chi connectivity index (χ2v) is 6.44. The Morgan fingerprint density at radius 1 is 1.35 bits per heavy atom. The molecule has 2 unspecified atom stereocenters. The summed E-state index contributed by atoms with van der Waals surface area (Å²) >= 11 is 0. The van der Waals surface area contributed by atoms with Gasteiger partial charge < -0.3 is 10.1 Å². The summed E-state index contributed by atoms with van der Waals surface area (Å²) < 4.78 is 5.59. The van der Waals surface area contributed by atoms with E-state index in [9.17, 15) is 0 Å². The van der Waals surface area contributed by atoms with Crippen LogP contribution in [0.1, 0.15) is 32.6 Å². The van der Waals surface area contributed by atoms with E-state index in [2.05, 4.69) is 17.1 Å². The molecule has 17 heavy (non-hydrogen) atoms. The lowest BCUT2D eigenvalue weighted by Gasteiger charge is -2.43. The molecular weight excluding hydrogens is 212 g/mol. The van der Waals surface area contributed by atoms with Gasteiger partial charge in [-0.25, -0.2) is 0 Å². The monoisotopic (exact) mass is 238 g/mol. The highest BCUT2D eigenvalue weighted by Crippen LogP contribution is 2.40. The summed E-state index contributed by atoms with van der Waals surface area (Å²) in [4.78, 5) is 2.67. The zero-order valence-electron chi connectivity index (χ0n) is 11.1. The topological polar surface area (TPSA) is 24.5 Å². The van der Waals surface area contributed by atoms with E-state index < -0.39 is 0 Å². The van der Waals surface area contributed by atoms with Crippen LogP contribution in [0, 0.1) is 11.8 Å². The van der Waals surface area contributed by atoms with Gasteiger partial charge >= 0.3 is 0 Å². The van der Waals surface area contributed by atoms with Crippen LogP contribution in [-0.4, -0.2) is 49.8 Å². The highest BCUT2D eigenvalue weighted by atomic mass is 16.5. The van der Waals surface area contributed by atoms with Gasteiger partial charge in [-0.1, -0.05) is 0 Å². The van der Waals surface area contributed by atoms with Crippen molar-refractivity contribution in [3.8, 4) is 0 Å². The first-order valence-electron chi connectivity index (χ1n) is 7.31. The second-order valence-electron chi connectivity index (χ2n) is 6.44. The first-order chi connectivity index (χ1) is 8.26. The molecule has 98 valence electrons. The van der Waals surface area contributed by atoms with Gasteiger partial charge in [-0.05, 0) is 44.4 Å². The van der Waals surface area contributed by atoms with Gasteiger partial charge in [0, 0.05) is 38.3 Å². The zero-order chi connectivity index (χ0) is 11.7. The van der Waals surface area contributed by atoms with E-state index in [1.807, 2.05) is 0 Å². The van der Waals surface area contributed by atoms with Gasteiger partial charge in [-0.2, -0.15) is 0 Å².